The summed E-state index contributed by atoms with van der Waals surface area (Å²) in [5.41, 5.74) is 8.77. The summed E-state index contributed by atoms with van der Waals surface area (Å²) >= 11 is 0. The summed E-state index contributed by atoms with van der Waals surface area (Å²) in [6.45, 7) is 3.73. The molecule has 0 amide bonds. The van der Waals surface area contributed by atoms with Crippen LogP contribution in [0.3, 0.4) is 0 Å². The van der Waals surface area contributed by atoms with E-state index in [2.05, 4.69) is 19.1 Å². The maximum atomic E-state index is 6.18. The van der Waals surface area contributed by atoms with Gasteiger partial charge in [0.1, 0.15) is 0 Å². The Morgan fingerprint density at radius 2 is 1.71 bits per heavy atom. The molecular formula is C14H19NO2. The van der Waals surface area contributed by atoms with E-state index in [1.54, 1.807) is 0 Å². The standard InChI is InChI=1S/C14H19NO2/c1-9-3-4-12(15)11-8-14-13(7-10(9)11)16-5-2-6-17-14/h7-9,12H,2-6,15H2,1H3. The largest absolute Gasteiger partial charge is 0.490 e. The van der Waals surface area contributed by atoms with Gasteiger partial charge in [0.2, 0.25) is 0 Å². The number of ether oxygens (including phenoxy) is 2. The predicted molar refractivity (Wildman–Crippen MR) is 66.6 cm³/mol. The van der Waals surface area contributed by atoms with E-state index in [4.69, 9.17) is 15.2 Å². The summed E-state index contributed by atoms with van der Waals surface area (Å²) in [6.07, 6.45) is 3.17. The van der Waals surface area contributed by atoms with E-state index < -0.39 is 0 Å². The molecule has 2 aliphatic rings. The van der Waals surface area contributed by atoms with Crippen molar-refractivity contribution in [1.82, 2.24) is 0 Å². The molecular weight excluding hydrogens is 214 g/mol. The van der Waals surface area contributed by atoms with Crippen LogP contribution in [0, 0.1) is 0 Å². The molecule has 17 heavy (non-hydrogen) atoms. The van der Waals surface area contributed by atoms with E-state index in [0.717, 1.165) is 44.0 Å². The Morgan fingerprint density at radius 1 is 1.06 bits per heavy atom. The molecule has 1 heterocycles. The lowest BCUT2D eigenvalue weighted by molar-refractivity contribution is 0.297. The maximum absolute atomic E-state index is 6.18. The van der Waals surface area contributed by atoms with Crippen molar-refractivity contribution in [2.75, 3.05) is 13.2 Å². The fourth-order valence-corrected chi connectivity index (χ4v) is 2.73. The van der Waals surface area contributed by atoms with Crippen molar-refractivity contribution in [3.8, 4) is 11.5 Å². The number of benzene rings is 1. The van der Waals surface area contributed by atoms with Crippen LogP contribution in [0.2, 0.25) is 0 Å². The molecule has 0 aromatic heterocycles. The quantitative estimate of drug-likeness (QED) is 0.749. The SMILES string of the molecule is CC1CCC(N)c2cc3c(cc21)OCCCO3. The molecule has 0 radical (unpaired) electrons. The minimum atomic E-state index is 0.151. The molecule has 0 bridgehead atoms. The van der Waals surface area contributed by atoms with Gasteiger partial charge < -0.3 is 15.2 Å². The number of rotatable bonds is 0. The van der Waals surface area contributed by atoms with Crippen LogP contribution in [-0.4, -0.2) is 13.2 Å². The highest BCUT2D eigenvalue weighted by atomic mass is 16.5. The van der Waals surface area contributed by atoms with Crippen molar-refractivity contribution in [2.45, 2.75) is 38.1 Å². The minimum Gasteiger partial charge on any atom is -0.490 e. The Balaban J connectivity index is 2.08. The number of fused-ring (bicyclic) bond motifs is 2. The average Bonchev–Trinajstić information content (AvgIpc) is 2.57. The molecule has 2 N–H and O–H groups in total. The third-order valence-corrected chi connectivity index (χ3v) is 3.79. The van der Waals surface area contributed by atoms with Gasteiger partial charge >= 0.3 is 0 Å². The lowest BCUT2D eigenvalue weighted by atomic mass is 9.81. The Labute approximate surface area is 102 Å². The second-order valence-corrected chi connectivity index (χ2v) is 5.06. The van der Waals surface area contributed by atoms with Crippen molar-refractivity contribution in [3.05, 3.63) is 23.3 Å². The smallest absolute Gasteiger partial charge is 0.161 e. The zero-order chi connectivity index (χ0) is 11.8. The first-order chi connectivity index (χ1) is 8.25. The van der Waals surface area contributed by atoms with Crippen molar-refractivity contribution in [3.63, 3.8) is 0 Å². The summed E-state index contributed by atoms with van der Waals surface area (Å²) < 4.78 is 11.4. The first-order valence-electron chi connectivity index (χ1n) is 6.44. The molecule has 1 aliphatic carbocycles. The molecule has 2 unspecified atom stereocenters. The monoisotopic (exact) mass is 233 g/mol. The van der Waals surface area contributed by atoms with Gasteiger partial charge in [0, 0.05) is 12.5 Å². The van der Waals surface area contributed by atoms with Crippen LogP contribution < -0.4 is 15.2 Å². The van der Waals surface area contributed by atoms with Crippen LogP contribution >= 0.6 is 0 Å². The molecule has 0 fully saturated rings. The zero-order valence-corrected chi connectivity index (χ0v) is 10.2. The van der Waals surface area contributed by atoms with E-state index in [1.807, 2.05) is 0 Å². The Bertz CT molecular complexity index is 391. The average molecular weight is 233 g/mol. The van der Waals surface area contributed by atoms with Crippen LogP contribution in [-0.2, 0) is 0 Å². The molecule has 1 aliphatic heterocycles. The van der Waals surface area contributed by atoms with Crippen LogP contribution in [0.4, 0.5) is 0 Å². The Hall–Kier alpha value is -1.22. The number of hydrogen-bond acceptors (Lipinski definition) is 3. The third kappa shape index (κ3) is 1.89. The lowest BCUT2D eigenvalue weighted by Gasteiger charge is -2.28. The van der Waals surface area contributed by atoms with Gasteiger partial charge in [-0.3, -0.25) is 0 Å². The van der Waals surface area contributed by atoms with Gasteiger partial charge in [-0.15, -0.1) is 0 Å². The van der Waals surface area contributed by atoms with E-state index in [-0.39, 0.29) is 6.04 Å². The zero-order valence-electron chi connectivity index (χ0n) is 10.2. The van der Waals surface area contributed by atoms with Crippen molar-refractivity contribution >= 4 is 0 Å². The second-order valence-electron chi connectivity index (χ2n) is 5.06. The van der Waals surface area contributed by atoms with E-state index >= 15 is 0 Å². The molecule has 2 atom stereocenters. The van der Waals surface area contributed by atoms with Gasteiger partial charge in [0.05, 0.1) is 13.2 Å². The normalized spacial score (nSPS) is 27.2. The molecule has 1 aromatic carbocycles. The minimum absolute atomic E-state index is 0.151. The van der Waals surface area contributed by atoms with Gasteiger partial charge in [0.25, 0.3) is 0 Å². The van der Waals surface area contributed by atoms with Gasteiger partial charge in [-0.05, 0) is 42.0 Å². The lowest BCUT2D eigenvalue weighted by Crippen LogP contribution is -2.19. The molecule has 0 saturated heterocycles. The van der Waals surface area contributed by atoms with Crippen molar-refractivity contribution in [1.29, 1.82) is 0 Å². The van der Waals surface area contributed by atoms with Crippen LogP contribution in [0.1, 0.15) is 49.3 Å². The fraction of sp³-hybridized carbons (Fsp3) is 0.571. The predicted octanol–water partition coefficient (Wildman–Crippen LogP) is 2.75. The first kappa shape index (κ1) is 10.9. The van der Waals surface area contributed by atoms with E-state index in [1.165, 1.54) is 11.1 Å². The summed E-state index contributed by atoms with van der Waals surface area (Å²) in [5.74, 6) is 2.33. The molecule has 3 rings (SSSR count). The third-order valence-electron chi connectivity index (χ3n) is 3.79. The van der Waals surface area contributed by atoms with Gasteiger partial charge in [0.15, 0.2) is 11.5 Å². The highest BCUT2D eigenvalue weighted by Crippen LogP contribution is 2.42. The van der Waals surface area contributed by atoms with Gasteiger partial charge in [-0.25, -0.2) is 0 Å². The van der Waals surface area contributed by atoms with Crippen LogP contribution in [0.5, 0.6) is 11.5 Å². The van der Waals surface area contributed by atoms with Crippen LogP contribution in [0.15, 0.2) is 12.1 Å². The second kappa shape index (κ2) is 4.22. The molecule has 92 valence electrons. The molecule has 3 nitrogen and oxygen atoms in total. The highest BCUT2D eigenvalue weighted by molar-refractivity contribution is 5.50. The van der Waals surface area contributed by atoms with Crippen LogP contribution in [0.25, 0.3) is 0 Å². The fourth-order valence-electron chi connectivity index (χ4n) is 2.73. The number of nitrogens with two attached hydrogens (primary N) is 1. The van der Waals surface area contributed by atoms with Gasteiger partial charge in [-0.1, -0.05) is 6.92 Å². The summed E-state index contributed by atoms with van der Waals surface area (Å²) in [6, 6.07) is 4.38. The topological polar surface area (TPSA) is 44.5 Å². The number of hydrogen-bond donors (Lipinski definition) is 1. The summed E-state index contributed by atoms with van der Waals surface area (Å²) in [7, 11) is 0. The molecule has 1 aromatic rings. The first-order valence-corrected chi connectivity index (χ1v) is 6.44. The summed E-state index contributed by atoms with van der Waals surface area (Å²) in [5, 5.41) is 0. The van der Waals surface area contributed by atoms with Crippen molar-refractivity contribution in [2.24, 2.45) is 5.73 Å². The highest BCUT2D eigenvalue weighted by Gasteiger charge is 2.25. The molecule has 0 spiro atoms. The van der Waals surface area contributed by atoms with Gasteiger partial charge in [-0.2, -0.15) is 0 Å². The molecule has 0 saturated carbocycles. The molecule has 3 heteroatoms. The van der Waals surface area contributed by atoms with Crippen molar-refractivity contribution < 1.29 is 9.47 Å². The van der Waals surface area contributed by atoms with E-state index in [9.17, 15) is 0 Å². The summed E-state index contributed by atoms with van der Waals surface area (Å²) in [4.78, 5) is 0. The van der Waals surface area contributed by atoms with E-state index in [0.29, 0.717) is 5.92 Å². The Morgan fingerprint density at radius 3 is 2.41 bits per heavy atom. The Kier molecular flexibility index (Phi) is 2.71. The maximum Gasteiger partial charge on any atom is 0.161 e.